The maximum atomic E-state index is 6.08. The van der Waals surface area contributed by atoms with Gasteiger partial charge in [-0.1, -0.05) is 34.8 Å². The lowest BCUT2D eigenvalue weighted by Crippen LogP contribution is -2.40. The highest BCUT2D eigenvalue weighted by Crippen LogP contribution is 2.19. The third-order valence-corrected chi connectivity index (χ3v) is 3.45. The molecule has 0 unspecified atom stereocenters. The summed E-state index contributed by atoms with van der Waals surface area (Å²) < 4.78 is 3.82. The first-order valence-electron chi connectivity index (χ1n) is 4.94. The molecule has 0 aliphatic carbocycles. The van der Waals surface area contributed by atoms with Gasteiger partial charge in [-0.05, 0) is 39.3 Å². The molecule has 0 radical (unpaired) electrons. The summed E-state index contributed by atoms with van der Waals surface area (Å²) in [5.41, 5.74) is 0. The third kappa shape index (κ3) is 5.74. The summed E-state index contributed by atoms with van der Waals surface area (Å²) in [6.07, 6.45) is 0. The van der Waals surface area contributed by atoms with E-state index in [2.05, 4.69) is 4.67 Å². The fraction of sp³-hybridized carbons (Fsp3) is 0.600. The van der Waals surface area contributed by atoms with Gasteiger partial charge in [0.05, 0.1) is 12.1 Å². The van der Waals surface area contributed by atoms with Crippen LogP contribution in [0.2, 0.25) is 0 Å². The summed E-state index contributed by atoms with van der Waals surface area (Å²) in [5, 5.41) is 0.177. The van der Waals surface area contributed by atoms with Crippen LogP contribution in [0.15, 0.2) is 9.52 Å². The first-order chi connectivity index (χ1) is 7.68. The van der Waals surface area contributed by atoms with Crippen LogP contribution in [0.1, 0.15) is 27.7 Å². The number of halogens is 5. The first-order valence-corrected chi connectivity index (χ1v) is 6.83. The minimum atomic E-state index is -0.148. The Bertz CT molecular complexity index is 355. The summed E-state index contributed by atoms with van der Waals surface area (Å²) in [6, 6.07) is 0.370. The molecule has 0 aromatic rings. The number of amidine groups is 1. The average Bonchev–Trinajstić information content (AvgIpc) is 2.14. The normalized spacial score (nSPS) is 10.3. The number of hydrogen-bond donors (Lipinski definition) is 0. The van der Waals surface area contributed by atoms with Gasteiger partial charge in [-0.25, -0.2) is 4.90 Å². The van der Waals surface area contributed by atoms with Crippen molar-refractivity contribution in [3.8, 4) is 0 Å². The van der Waals surface area contributed by atoms with Gasteiger partial charge in [0.15, 0.2) is 0 Å². The van der Waals surface area contributed by atoms with E-state index in [4.69, 9.17) is 58.0 Å². The van der Waals surface area contributed by atoms with Crippen LogP contribution in [0, 0.1) is 0 Å². The molecule has 7 heteroatoms. The van der Waals surface area contributed by atoms with Gasteiger partial charge in [-0.3, -0.25) is 0 Å². The SMILES string of the molecule is CC(C)N(C(Cl)=[N+]=C(Cl)C(Cl)=C(Cl)Cl)C(C)C. The fourth-order valence-electron chi connectivity index (χ4n) is 1.29. The van der Waals surface area contributed by atoms with E-state index in [-0.39, 0.29) is 32.1 Å². The van der Waals surface area contributed by atoms with Crippen LogP contribution in [-0.2, 0) is 0 Å². The fourth-order valence-corrected chi connectivity index (χ4v) is 2.30. The highest BCUT2D eigenvalue weighted by molar-refractivity contribution is 6.79. The molecule has 0 saturated carbocycles. The monoisotopic (exact) mass is 337 g/mol. The highest BCUT2D eigenvalue weighted by atomic mass is 35.5. The van der Waals surface area contributed by atoms with Crippen LogP contribution in [-0.4, -0.2) is 27.4 Å². The predicted molar refractivity (Wildman–Crippen MR) is 80.6 cm³/mol. The molecule has 0 aliphatic heterocycles. The van der Waals surface area contributed by atoms with Gasteiger partial charge in [0.2, 0.25) is 0 Å². The molecule has 0 aliphatic rings. The molecular weight excluding hydrogens is 325 g/mol. The Morgan fingerprint density at radius 2 is 1.29 bits per heavy atom. The van der Waals surface area contributed by atoms with Crippen LogP contribution < -0.4 is 4.67 Å². The zero-order valence-electron chi connectivity index (χ0n) is 9.94. The second-order valence-electron chi connectivity index (χ2n) is 3.84. The van der Waals surface area contributed by atoms with Crippen molar-refractivity contribution in [2.75, 3.05) is 0 Å². The number of rotatable bonds is 3. The molecule has 0 bridgehead atoms. The molecule has 0 rings (SSSR count). The van der Waals surface area contributed by atoms with Gasteiger partial charge >= 0.3 is 10.5 Å². The van der Waals surface area contributed by atoms with Crippen molar-refractivity contribution in [1.82, 2.24) is 9.57 Å². The van der Waals surface area contributed by atoms with E-state index in [0.717, 1.165) is 0 Å². The molecule has 0 atom stereocenters. The van der Waals surface area contributed by atoms with Crippen LogP contribution in [0.4, 0.5) is 0 Å². The van der Waals surface area contributed by atoms with Gasteiger partial charge in [0, 0.05) is 11.6 Å². The molecular formula is C10H14Cl5N2+. The minimum absolute atomic E-state index is 0.0272. The van der Waals surface area contributed by atoms with Crippen molar-refractivity contribution in [3.63, 3.8) is 0 Å². The standard InChI is InChI=1S/C10H14Cl5N2/c1-5(2)17(6(3)4)10(15)16-9(14)7(11)8(12)13/h5-6H,1-4H3/q+1. The minimum Gasteiger partial charge on any atom is -0.233 e. The van der Waals surface area contributed by atoms with Crippen molar-refractivity contribution in [3.05, 3.63) is 9.52 Å². The number of hydrogen-bond acceptors (Lipinski definition) is 0. The molecule has 0 fully saturated rings. The largest absolute Gasteiger partial charge is 0.445 e. The quantitative estimate of drug-likeness (QED) is 0.324. The van der Waals surface area contributed by atoms with Crippen molar-refractivity contribution >= 4 is 68.5 Å². The summed E-state index contributed by atoms with van der Waals surface area (Å²) in [5.74, 6) is 0. The lowest BCUT2D eigenvalue weighted by molar-refractivity contribution is 0.297. The van der Waals surface area contributed by atoms with Crippen molar-refractivity contribution in [1.29, 1.82) is 0 Å². The Labute approximate surface area is 127 Å². The predicted octanol–water partition coefficient (Wildman–Crippen LogP) is 4.29. The van der Waals surface area contributed by atoms with Gasteiger partial charge in [0.25, 0.3) is 0 Å². The van der Waals surface area contributed by atoms with Crippen LogP contribution >= 0.6 is 58.0 Å². The summed E-state index contributed by atoms with van der Waals surface area (Å²) in [6.45, 7) is 7.99. The lowest BCUT2D eigenvalue weighted by atomic mass is 10.2. The lowest BCUT2D eigenvalue weighted by Gasteiger charge is -2.20. The summed E-state index contributed by atoms with van der Waals surface area (Å²) in [7, 11) is 0. The van der Waals surface area contributed by atoms with E-state index in [1.807, 2.05) is 32.6 Å². The van der Waals surface area contributed by atoms with Crippen LogP contribution in [0.5, 0.6) is 0 Å². The molecule has 0 spiro atoms. The van der Waals surface area contributed by atoms with E-state index < -0.39 is 0 Å². The maximum Gasteiger partial charge on any atom is 0.445 e. The highest BCUT2D eigenvalue weighted by Gasteiger charge is 2.26. The topological polar surface area (TPSA) is 17.3 Å². The molecule has 2 nitrogen and oxygen atoms in total. The summed E-state index contributed by atoms with van der Waals surface area (Å²) in [4.78, 5) is 1.89. The molecule has 98 valence electrons. The van der Waals surface area contributed by atoms with Crippen molar-refractivity contribution in [2.45, 2.75) is 39.8 Å². The molecule has 0 heterocycles. The van der Waals surface area contributed by atoms with Crippen LogP contribution in [0.25, 0.3) is 0 Å². The van der Waals surface area contributed by atoms with Crippen molar-refractivity contribution < 1.29 is 0 Å². The van der Waals surface area contributed by atoms with E-state index in [1.165, 1.54) is 0 Å². The molecule has 0 aromatic heterocycles. The van der Waals surface area contributed by atoms with Gasteiger partial charge in [-0.15, -0.1) is 0 Å². The zero-order chi connectivity index (χ0) is 13.7. The Morgan fingerprint density at radius 3 is 1.59 bits per heavy atom. The second-order valence-corrected chi connectivity index (χ2v) is 5.86. The number of nitrogens with zero attached hydrogens (tertiary/aromatic N) is 2. The van der Waals surface area contributed by atoms with Crippen LogP contribution in [0.3, 0.4) is 0 Å². The third-order valence-electron chi connectivity index (χ3n) is 1.86. The Kier molecular flexibility index (Phi) is 7.98. The smallest absolute Gasteiger partial charge is 0.233 e. The summed E-state index contributed by atoms with van der Waals surface area (Å²) >= 11 is 28.6. The molecule has 0 saturated heterocycles. The van der Waals surface area contributed by atoms with E-state index >= 15 is 0 Å². The maximum absolute atomic E-state index is 6.08. The zero-order valence-corrected chi connectivity index (χ0v) is 13.7. The first kappa shape index (κ1) is 17.4. The van der Waals surface area contributed by atoms with E-state index in [0.29, 0.717) is 0 Å². The number of allylic oxidation sites excluding steroid dienone is 1. The Balaban J connectivity index is 5.46. The van der Waals surface area contributed by atoms with Gasteiger partial charge < -0.3 is 0 Å². The molecule has 17 heavy (non-hydrogen) atoms. The molecule has 0 amide bonds. The Hall–Kier alpha value is 0.440. The van der Waals surface area contributed by atoms with E-state index in [1.54, 1.807) is 0 Å². The van der Waals surface area contributed by atoms with Crippen molar-refractivity contribution in [2.24, 2.45) is 0 Å². The van der Waals surface area contributed by atoms with Gasteiger partial charge in [0.1, 0.15) is 9.52 Å². The van der Waals surface area contributed by atoms with E-state index in [9.17, 15) is 0 Å². The molecule has 0 aromatic carbocycles. The Morgan fingerprint density at radius 1 is 0.882 bits per heavy atom. The average molecular weight is 340 g/mol. The second kappa shape index (κ2) is 7.78. The molecule has 0 N–H and O–H groups in total. The van der Waals surface area contributed by atoms with Gasteiger partial charge in [-0.2, -0.15) is 4.67 Å².